The minimum absolute atomic E-state index is 0.0235. The number of pyridine rings is 1. The van der Waals surface area contributed by atoms with Crippen molar-refractivity contribution >= 4 is 0 Å². The molecule has 1 N–H and O–H groups in total. The van der Waals surface area contributed by atoms with Crippen molar-refractivity contribution in [1.29, 1.82) is 0 Å². The molecule has 140 valence electrons. The van der Waals surface area contributed by atoms with E-state index in [1.165, 1.54) is 16.8 Å². The SMILES string of the molecule is CCc1ncc(-c2nc(-c3ccc(CO)cc3)no2)c2c1CC(C)(C)CC2. The molecule has 0 radical (unpaired) electrons. The van der Waals surface area contributed by atoms with Gasteiger partial charge in [0.15, 0.2) is 0 Å². The van der Waals surface area contributed by atoms with Crippen LogP contribution in [-0.2, 0) is 25.9 Å². The summed E-state index contributed by atoms with van der Waals surface area (Å²) in [5.74, 6) is 1.08. The Balaban J connectivity index is 1.73. The lowest BCUT2D eigenvalue weighted by Gasteiger charge is -2.33. The lowest BCUT2D eigenvalue weighted by atomic mass is 9.73. The van der Waals surface area contributed by atoms with E-state index in [9.17, 15) is 5.11 Å². The van der Waals surface area contributed by atoms with Gasteiger partial charge >= 0.3 is 0 Å². The van der Waals surface area contributed by atoms with Gasteiger partial charge in [0.1, 0.15) is 0 Å². The molecular formula is C22H25N3O2. The molecule has 1 aliphatic carbocycles. The van der Waals surface area contributed by atoms with Crippen LogP contribution in [0, 0.1) is 5.41 Å². The zero-order chi connectivity index (χ0) is 19.0. The van der Waals surface area contributed by atoms with Crippen molar-refractivity contribution < 1.29 is 9.63 Å². The maximum atomic E-state index is 9.19. The number of fused-ring (bicyclic) bond motifs is 1. The monoisotopic (exact) mass is 363 g/mol. The van der Waals surface area contributed by atoms with Crippen molar-refractivity contribution in [2.24, 2.45) is 5.41 Å². The minimum Gasteiger partial charge on any atom is -0.392 e. The fraction of sp³-hybridized carbons (Fsp3) is 0.409. The van der Waals surface area contributed by atoms with E-state index in [2.05, 4.69) is 30.9 Å². The average Bonchev–Trinajstić information content (AvgIpc) is 3.16. The topological polar surface area (TPSA) is 72.0 Å². The summed E-state index contributed by atoms with van der Waals surface area (Å²) in [4.78, 5) is 9.33. The smallest absolute Gasteiger partial charge is 0.260 e. The van der Waals surface area contributed by atoms with Crippen LogP contribution in [0.3, 0.4) is 0 Å². The molecule has 0 spiro atoms. The molecule has 1 aliphatic rings. The van der Waals surface area contributed by atoms with Gasteiger partial charge in [-0.2, -0.15) is 4.98 Å². The van der Waals surface area contributed by atoms with Gasteiger partial charge in [-0.3, -0.25) is 4.98 Å². The molecule has 0 unspecified atom stereocenters. The number of nitrogens with zero attached hydrogens (tertiary/aromatic N) is 3. The first kappa shape index (κ1) is 17.9. The predicted molar refractivity (Wildman–Crippen MR) is 104 cm³/mol. The second kappa shape index (κ2) is 6.89. The molecule has 2 heterocycles. The van der Waals surface area contributed by atoms with Crippen LogP contribution in [0.5, 0.6) is 0 Å². The second-order valence-corrected chi connectivity index (χ2v) is 8.05. The second-order valence-electron chi connectivity index (χ2n) is 8.05. The van der Waals surface area contributed by atoms with E-state index in [1.807, 2.05) is 30.5 Å². The Bertz CT molecular complexity index is 958. The highest BCUT2D eigenvalue weighted by atomic mass is 16.5. The van der Waals surface area contributed by atoms with Crippen LogP contribution in [0.15, 0.2) is 35.0 Å². The molecule has 4 rings (SSSR count). The number of aliphatic hydroxyl groups excluding tert-OH is 1. The van der Waals surface area contributed by atoms with Crippen LogP contribution in [0.4, 0.5) is 0 Å². The van der Waals surface area contributed by atoms with Gasteiger partial charge in [-0.15, -0.1) is 0 Å². The normalized spacial score (nSPS) is 15.6. The summed E-state index contributed by atoms with van der Waals surface area (Å²) in [5, 5.41) is 13.3. The number of benzene rings is 1. The Kier molecular flexibility index (Phi) is 4.56. The summed E-state index contributed by atoms with van der Waals surface area (Å²) in [5.41, 5.74) is 6.84. The first-order chi connectivity index (χ1) is 13.0. The summed E-state index contributed by atoms with van der Waals surface area (Å²) in [7, 11) is 0. The zero-order valence-electron chi connectivity index (χ0n) is 16.1. The van der Waals surface area contributed by atoms with Crippen LogP contribution in [0.2, 0.25) is 0 Å². The molecule has 1 aromatic carbocycles. The maximum absolute atomic E-state index is 9.19. The Morgan fingerprint density at radius 3 is 2.63 bits per heavy atom. The predicted octanol–water partition coefficient (Wildman–Crippen LogP) is 4.37. The summed E-state index contributed by atoms with van der Waals surface area (Å²) < 4.78 is 5.60. The summed E-state index contributed by atoms with van der Waals surface area (Å²) in [6, 6.07) is 7.53. The van der Waals surface area contributed by atoms with Crippen molar-refractivity contribution in [1.82, 2.24) is 15.1 Å². The van der Waals surface area contributed by atoms with E-state index in [1.54, 1.807) is 0 Å². The quantitative estimate of drug-likeness (QED) is 0.745. The van der Waals surface area contributed by atoms with Crippen LogP contribution in [-0.4, -0.2) is 20.2 Å². The third kappa shape index (κ3) is 3.39. The van der Waals surface area contributed by atoms with Crippen LogP contribution < -0.4 is 0 Å². The van der Waals surface area contributed by atoms with Crippen molar-refractivity contribution in [3.63, 3.8) is 0 Å². The molecule has 5 nitrogen and oxygen atoms in total. The summed E-state index contributed by atoms with van der Waals surface area (Å²) >= 11 is 0. The van der Waals surface area contributed by atoms with E-state index in [4.69, 9.17) is 9.51 Å². The molecule has 0 aliphatic heterocycles. The number of rotatable bonds is 4. The molecule has 2 aromatic heterocycles. The average molecular weight is 363 g/mol. The maximum Gasteiger partial charge on any atom is 0.260 e. The van der Waals surface area contributed by atoms with Crippen LogP contribution >= 0.6 is 0 Å². The number of hydrogen-bond donors (Lipinski definition) is 1. The van der Waals surface area contributed by atoms with Crippen molar-refractivity contribution in [3.05, 3.63) is 52.8 Å². The van der Waals surface area contributed by atoms with Crippen LogP contribution in [0.1, 0.15) is 49.6 Å². The molecule has 27 heavy (non-hydrogen) atoms. The highest BCUT2D eigenvalue weighted by Crippen LogP contribution is 2.40. The third-order valence-corrected chi connectivity index (χ3v) is 5.48. The minimum atomic E-state index is 0.0235. The summed E-state index contributed by atoms with van der Waals surface area (Å²) in [6.07, 6.45) is 6.02. The van der Waals surface area contributed by atoms with Gasteiger partial charge in [0, 0.05) is 17.5 Å². The highest BCUT2D eigenvalue weighted by Gasteiger charge is 2.30. The first-order valence-corrected chi connectivity index (χ1v) is 9.54. The Hall–Kier alpha value is -2.53. The Morgan fingerprint density at radius 2 is 1.93 bits per heavy atom. The zero-order valence-corrected chi connectivity index (χ0v) is 16.1. The van der Waals surface area contributed by atoms with Crippen molar-refractivity contribution in [2.45, 2.75) is 53.1 Å². The van der Waals surface area contributed by atoms with Gasteiger partial charge in [0.2, 0.25) is 5.82 Å². The van der Waals surface area contributed by atoms with E-state index in [-0.39, 0.29) is 6.61 Å². The van der Waals surface area contributed by atoms with Gasteiger partial charge in [-0.05, 0) is 47.8 Å². The lowest BCUT2D eigenvalue weighted by Crippen LogP contribution is -2.24. The molecule has 5 heteroatoms. The molecule has 0 saturated carbocycles. The van der Waals surface area contributed by atoms with Gasteiger partial charge in [-0.25, -0.2) is 0 Å². The molecule has 0 fully saturated rings. The Labute approximate surface area is 159 Å². The molecule has 0 amide bonds. The number of aliphatic hydroxyl groups is 1. The molecular weight excluding hydrogens is 338 g/mol. The first-order valence-electron chi connectivity index (χ1n) is 9.54. The highest BCUT2D eigenvalue weighted by molar-refractivity contribution is 5.64. The van der Waals surface area contributed by atoms with Crippen molar-refractivity contribution in [3.8, 4) is 22.8 Å². The molecule has 0 atom stereocenters. The van der Waals surface area contributed by atoms with E-state index >= 15 is 0 Å². The van der Waals surface area contributed by atoms with Gasteiger partial charge in [0.05, 0.1) is 12.2 Å². The molecule has 3 aromatic rings. The van der Waals surface area contributed by atoms with Gasteiger partial charge in [-0.1, -0.05) is 50.2 Å². The summed E-state index contributed by atoms with van der Waals surface area (Å²) in [6.45, 7) is 6.83. The van der Waals surface area contributed by atoms with Crippen molar-refractivity contribution in [2.75, 3.05) is 0 Å². The fourth-order valence-electron chi connectivity index (χ4n) is 3.86. The van der Waals surface area contributed by atoms with E-state index in [0.717, 1.165) is 42.4 Å². The molecule has 0 saturated heterocycles. The fourth-order valence-corrected chi connectivity index (χ4v) is 3.86. The third-order valence-electron chi connectivity index (χ3n) is 5.48. The van der Waals surface area contributed by atoms with Gasteiger partial charge < -0.3 is 9.63 Å². The largest absolute Gasteiger partial charge is 0.392 e. The van der Waals surface area contributed by atoms with E-state index < -0.39 is 0 Å². The number of aryl methyl sites for hydroxylation is 1. The van der Waals surface area contributed by atoms with E-state index in [0.29, 0.717) is 17.1 Å². The van der Waals surface area contributed by atoms with Gasteiger partial charge in [0.25, 0.3) is 5.89 Å². The number of hydrogen-bond acceptors (Lipinski definition) is 5. The van der Waals surface area contributed by atoms with Crippen LogP contribution in [0.25, 0.3) is 22.8 Å². The Morgan fingerprint density at radius 1 is 1.15 bits per heavy atom. The number of aromatic nitrogens is 3. The lowest BCUT2D eigenvalue weighted by molar-refractivity contribution is 0.282. The molecule has 0 bridgehead atoms. The standard InChI is InChI=1S/C22H25N3O2/c1-4-19-17-11-22(2,3)10-9-16(17)18(12-23-19)21-24-20(25-27-21)15-7-5-14(13-26)6-8-15/h5-8,12,26H,4,9-11,13H2,1-3H3.